The number of hydrogen-bond acceptors (Lipinski definition) is 5. The van der Waals surface area contributed by atoms with Gasteiger partial charge in [-0.15, -0.1) is 0 Å². The molecular weight excluding hydrogens is 274 g/mol. The number of ether oxygens (including phenoxy) is 1. The van der Waals surface area contributed by atoms with Crippen LogP contribution >= 0.6 is 0 Å². The molecule has 7 heteroatoms. The number of nitrogen functional groups attached to an aromatic ring is 1. The van der Waals surface area contributed by atoms with Crippen molar-refractivity contribution >= 4 is 17.6 Å². The summed E-state index contributed by atoms with van der Waals surface area (Å²) in [5.74, 6) is -1.21. The molecule has 0 aliphatic carbocycles. The van der Waals surface area contributed by atoms with Crippen molar-refractivity contribution < 1.29 is 19.4 Å². The molecule has 0 bridgehead atoms. The number of nitrogens with two attached hydrogens (primary N) is 1. The molecule has 1 aliphatic heterocycles. The van der Waals surface area contributed by atoms with Gasteiger partial charge in [-0.2, -0.15) is 0 Å². The van der Waals surface area contributed by atoms with Crippen LogP contribution in [0.4, 0.5) is 5.69 Å². The number of carboxylic acids is 1. The zero-order valence-corrected chi connectivity index (χ0v) is 11.8. The number of benzene rings is 1. The molecule has 7 nitrogen and oxygen atoms in total. The lowest BCUT2D eigenvalue weighted by Gasteiger charge is -2.34. The van der Waals surface area contributed by atoms with Crippen molar-refractivity contribution in [3.8, 4) is 0 Å². The quantitative estimate of drug-likeness (QED) is 0.670. The molecule has 2 rings (SSSR count). The molecule has 114 valence electrons. The average Bonchev–Trinajstić information content (AvgIpc) is 2.46. The van der Waals surface area contributed by atoms with Crippen LogP contribution in [0.15, 0.2) is 18.2 Å². The minimum atomic E-state index is -1.06. The predicted molar refractivity (Wildman–Crippen MR) is 76.9 cm³/mol. The Morgan fingerprint density at radius 2 is 2.29 bits per heavy atom. The first-order chi connectivity index (χ1) is 10.0. The van der Waals surface area contributed by atoms with Gasteiger partial charge in [-0.3, -0.25) is 9.69 Å². The van der Waals surface area contributed by atoms with Gasteiger partial charge < -0.3 is 20.9 Å². The van der Waals surface area contributed by atoms with Crippen molar-refractivity contribution in [2.75, 3.05) is 32.5 Å². The molecule has 0 radical (unpaired) electrons. The summed E-state index contributed by atoms with van der Waals surface area (Å²) in [6, 6.07) is 4.57. The van der Waals surface area contributed by atoms with E-state index in [-0.39, 0.29) is 17.2 Å². The predicted octanol–water partition coefficient (Wildman–Crippen LogP) is -0.0862. The van der Waals surface area contributed by atoms with E-state index in [0.29, 0.717) is 31.9 Å². The van der Waals surface area contributed by atoms with Gasteiger partial charge in [0.2, 0.25) is 5.91 Å². The van der Waals surface area contributed by atoms with Crippen LogP contribution in [0.5, 0.6) is 0 Å². The Bertz CT molecular complexity index is 547. The molecule has 1 amide bonds. The van der Waals surface area contributed by atoms with Gasteiger partial charge in [-0.1, -0.05) is 12.1 Å². The molecule has 1 saturated heterocycles. The van der Waals surface area contributed by atoms with Gasteiger partial charge in [0.25, 0.3) is 0 Å². The summed E-state index contributed by atoms with van der Waals surface area (Å²) in [4.78, 5) is 25.1. The second-order valence-electron chi connectivity index (χ2n) is 4.86. The lowest BCUT2D eigenvalue weighted by Crippen LogP contribution is -2.52. The molecular formula is C14H19N3O4. The van der Waals surface area contributed by atoms with E-state index in [4.69, 9.17) is 10.5 Å². The first-order valence-corrected chi connectivity index (χ1v) is 6.68. The molecule has 1 heterocycles. The summed E-state index contributed by atoms with van der Waals surface area (Å²) < 4.78 is 5.33. The Morgan fingerprint density at radius 1 is 1.52 bits per heavy atom. The first kappa shape index (κ1) is 15.3. The van der Waals surface area contributed by atoms with Crippen LogP contribution < -0.4 is 11.1 Å². The molecule has 1 unspecified atom stereocenters. The van der Waals surface area contributed by atoms with Crippen molar-refractivity contribution in [1.82, 2.24) is 10.2 Å². The maximum Gasteiger partial charge on any atom is 0.338 e. The van der Waals surface area contributed by atoms with E-state index < -0.39 is 12.0 Å². The second kappa shape index (κ2) is 6.55. The van der Waals surface area contributed by atoms with Crippen LogP contribution in [0.25, 0.3) is 0 Å². The standard InChI is InChI=1S/C14H19N3O4/c1-16-13(18)11-8-21-6-5-17(11)7-9-3-2-4-10(15)12(9)14(19)20/h2-4,11H,5-8,15H2,1H3,(H,16,18)(H,19,20). The molecule has 1 aromatic rings. The third-order valence-electron chi connectivity index (χ3n) is 3.56. The van der Waals surface area contributed by atoms with Gasteiger partial charge in [-0.05, 0) is 11.6 Å². The molecule has 1 aliphatic rings. The van der Waals surface area contributed by atoms with Gasteiger partial charge in [0.05, 0.1) is 18.8 Å². The van der Waals surface area contributed by atoms with E-state index in [0.717, 1.165) is 0 Å². The highest BCUT2D eigenvalue weighted by atomic mass is 16.5. The SMILES string of the molecule is CNC(=O)C1COCCN1Cc1cccc(N)c1C(=O)O. The smallest absolute Gasteiger partial charge is 0.338 e. The van der Waals surface area contributed by atoms with Crippen molar-refractivity contribution in [1.29, 1.82) is 0 Å². The Kier molecular flexibility index (Phi) is 4.77. The van der Waals surface area contributed by atoms with Gasteiger partial charge in [0, 0.05) is 25.8 Å². The Morgan fingerprint density at radius 3 is 2.95 bits per heavy atom. The summed E-state index contributed by atoms with van der Waals surface area (Å²) >= 11 is 0. The highest BCUT2D eigenvalue weighted by Crippen LogP contribution is 2.21. The summed E-state index contributed by atoms with van der Waals surface area (Å²) in [5.41, 5.74) is 6.66. The van der Waals surface area contributed by atoms with E-state index in [1.807, 2.05) is 4.90 Å². The number of rotatable bonds is 4. The molecule has 1 atom stereocenters. The highest BCUT2D eigenvalue weighted by molar-refractivity contribution is 5.95. The number of carbonyl (C=O) groups excluding carboxylic acids is 1. The maximum absolute atomic E-state index is 11.9. The Hall–Kier alpha value is -2.12. The van der Waals surface area contributed by atoms with E-state index in [1.54, 1.807) is 25.2 Å². The fourth-order valence-electron chi connectivity index (χ4n) is 2.47. The van der Waals surface area contributed by atoms with E-state index in [2.05, 4.69) is 5.32 Å². The third kappa shape index (κ3) is 3.32. The fraction of sp³-hybridized carbons (Fsp3) is 0.429. The molecule has 4 N–H and O–H groups in total. The van der Waals surface area contributed by atoms with E-state index in [9.17, 15) is 14.7 Å². The van der Waals surface area contributed by atoms with Gasteiger partial charge in [-0.25, -0.2) is 4.79 Å². The van der Waals surface area contributed by atoms with Crippen molar-refractivity contribution in [3.63, 3.8) is 0 Å². The van der Waals surface area contributed by atoms with Crippen LogP contribution in [0, 0.1) is 0 Å². The van der Waals surface area contributed by atoms with Crippen LogP contribution in [0.1, 0.15) is 15.9 Å². The normalized spacial score (nSPS) is 19.2. The number of anilines is 1. The number of nitrogens with one attached hydrogen (secondary N) is 1. The van der Waals surface area contributed by atoms with E-state index in [1.165, 1.54) is 0 Å². The molecule has 21 heavy (non-hydrogen) atoms. The minimum absolute atomic E-state index is 0.0969. The fourth-order valence-corrected chi connectivity index (χ4v) is 2.47. The number of nitrogens with zero attached hydrogens (tertiary/aromatic N) is 1. The van der Waals surface area contributed by atoms with Crippen LogP contribution in [-0.4, -0.2) is 54.7 Å². The summed E-state index contributed by atoms with van der Waals surface area (Å²) in [5, 5.41) is 11.9. The number of hydrogen-bond donors (Lipinski definition) is 3. The van der Waals surface area contributed by atoms with Gasteiger partial charge >= 0.3 is 5.97 Å². The van der Waals surface area contributed by atoms with Crippen molar-refractivity contribution in [2.24, 2.45) is 0 Å². The highest BCUT2D eigenvalue weighted by Gasteiger charge is 2.29. The molecule has 0 aromatic heterocycles. The number of likely N-dealkylation sites (N-methyl/N-ethyl adjacent to an activating group) is 1. The first-order valence-electron chi connectivity index (χ1n) is 6.68. The maximum atomic E-state index is 11.9. The van der Waals surface area contributed by atoms with Gasteiger partial charge in [0.15, 0.2) is 0 Å². The number of morpholine rings is 1. The lowest BCUT2D eigenvalue weighted by atomic mass is 10.0. The van der Waals surface area contributed by atoms with Crippen molar-refractivity contribution in [3.05, 3.63) is 29.3 Å². The van der Waals surface area contributed by atoms with E-state index >= 15 is 0 Å². The molecule has 0 spiro atoms. The van der Waals surface area contributed by atoms with Crippen LogP contribution in [0.3, 0.4) is 0 Å². The third-order valence-corrected chi connectivity index (χ3v) is 3.56. The zero-order valence-electron chi connectivity index (χ0n) is 11.8. The van der Waals surface area contributed by atoms with Gasteiger partial charge in [0.1, 0.15) is 6.04 Å². The number of amides is 1. The number of carbonyl (C=O) groups is 2. The molecule has 0 saturated carbocycles. The Balaban J connectivity index is 2.25. The van der Waals surface area contributed by atoms with Crippen LogP contribution in [-0.2, 0) is 16.1 Å². The largest absolute Gasteiger partial charge is 0.478 e. The number of aromatic carboxylic acids is 1. The van der Waals surface area contributed by atoms with Crippen molar-refractivity contribution in [2.45, 2.75) is 12.6 Å². The summed E-state index contributed by atoms with van der Waals surface area (Å²) in [7, 11) is 1.57. The summed E-state index contributed by atoms with van der Waals surface area (Å²) in [6.07, 6.45) is 0. The lowest BCUT2D eigenvalue weighted by molar-refractivity contribution is -0.132. The Labute approximate surface area is 122 Å². The average molecular weight is 293 g/mol. The monoisotopic (exact) mass is 293 g/mol. The second-order valence-corrected chi connectivity index (χ2v) is 4.86. The van der Waals surface area contributed by atoms with Crippen LogP contribution in [0.2, 0.25) is 0 Å². The minimum Gasteiger partial charge on any atom is -0.478 e. The molecule has 1 fully saturated rings. The molecule has 1 aromatic carbocycles. The topological polar surface area (TPSA) is 105 Å². The summed E-state index contributed by atoms with van der Waals surface area (Å²) in [6.45, 7) is 1.71. The zero-order chi connectivity index (χ0) is 15.4. The number of carboxylic acid groups (broad SMARTS) is 1.